The molecule has 2 aromatic carbocycles. The molecule has 1 aromatic heterocycles. The zero-order valence-electron chi connectivity index (χ0n) is 14.5. The van der Waals surface area contributed by atoms with E-state index in [0.29, 0.717) is 38.8 Å². The van der Waals surface area contributed by atoms with Crippen LogP contribution in [0.4, 0.5) is 10.1 Å². The van der Waals surface area contributed by atoms with Crippen LogP contribution in [0.5, 0.6) is 0 Å². The Morgan fingerprint density at radius 3 is 2.64 bits per heavy atom. The van der Waals surface area contributed by atoms with Gasteiger partial charge in [0, 0.05) is 22.8 Å². The largest absolute Gasteiger partial charge is 0.325 e. The van der Waals surface area contributed by atoms with Crippen LogP contribution < -0.4 is 5.32 Å². The van der Waals surface area contributed by atoms with Crippen molar-refractivity contribution in [2.45, 2.75) is 11.7 Å². The Hall–Kier alpha value is -2.35. The molecule has 0 atom stereocenters. The number of amides is 1. The molecular formula is C19H15Cl2FN4OS. The number of nitrogens with one attached hydrogen (secondary N) is 1. The minimum absolute atomic E-state index is 0.112. The van der Waals surface area contributed by atoms with Crippen molar-refractivity contribution in [2.75, 3.05) is 11.1 Å². The number of allylic oxidation sites excluding steroid dienone is 1. The van der Waals surface area contributed by atoms with Crippen LogP contribution in [0.1, 0.15) is 0 Å². The molecule has 1 N–H and O–H groups in total. The van der Waals surface area contributed by atoms with Crippen LogP contribution in [0.25, 0.3) is 11.4 Å². The monoisotopic (exact) mass is 436 g/mol. The number of thioether (sulfide) groups is 1. The third-order valence-corrected chi connectivity index (χ3v) is 5.18. The topological polar surface area (TPSA) is 59.8 Å². The molecule has 0 spiro atoms. The third-order valence-electron chi connectivity index (χ3n) is 3.66. The van der Waals surface area contributed by atoms with Crippen LogP contribution in [0, 0.1) is 5.82 Å². The maximum absolute atomic E-state index is 12.9. The molecule has 0 bridgehead atoms. The number of aromatic nitrogens is 3. The minimum Gasteiger partial charge on any atom is -0.325 e. The smallest absolute Gasteiger partial charge is 0.234 e. The first-order valence-electron chi connectivity index (χ1n) is 8.15. The van der Waals surface area contributed by atoms with Gasteiger partial charge in [-0.05, 0) is 42.5 Å². The number of nitrogens with zero attached hydrogens (tertiary/aromatic N) is 3. The number of hydrogen-bond donors (Lipinski definition) is 1. The highest BCUT2D eigenvalue weighted by atomic mass is 35.5. The molecular weight excluding hydrogens is 422 g/mol. The summed E-state index contributed by atoms with van der Waals surface area (Å²) in [5.74, 6) is 0.0678. The van der Waals surface area contributed by atoms with Gasteiger partial charge in [0.2, 0.25) is 5.91 Å². The van der Waals surface area contributed by atoms with E-state index in [2.05, 4.69) is 22.1 Å². The standard InChI is InChI=1S/C19H15Cl2FN4OS/c1-2-9-26-18(15-8-3-12(20)10-16(15)21)24-25-19(26)28-11-17(27)23-14-6-4-13(22)5-7-14/h2-8,10H,1,9,11H2,(H,23,27). The Kier molecular flexibility index (Phi) is 6.72. The average Bonchev–Trinajstić information content (AvgIpc) is 3.05. The van der Waals surface area contributed by atoms with E-state index >= 15 is 0 Å². The summed E-state index contributed by atoms with van der Waals surface area (Å²) in [4.78, 5) is 12.2. The predicted octanol–water partition coefficient (Wildman–Crippen LogP) is 5.31. The highest BCUT2D eigenvalue weighted by Crippen LogP contribution is 2.31. The molecule has 0 aliphatic carbocycles. The van der Waals surface area contributed by atoms with Crippen molar-refractivity contribution in [1.29, 1.82) is 0 Å². The second-order valence-corrected chi connectivity index (χ2v) is 7.46. The summed E-state index contributed by atoms with van der Waals surface area (Å²) in [6, 6.07) is 10.7. The Morgan fingerprint density at radius 1 is 1.21 bits per heavy atom. The second-order valence-electron chi connectivity index (χ2n) is 5.67. The van der Waals surface area contributed by atoms with E-state index in [1.165, 1.54) is 36.0 Å². The van der Waals surface area contributed by atoms with Gasteiger partial charge in [0.15, 0.2) is 11.0 Å². The van der Waals surface area contributed by atoms with Gasteiger partial charge >= 0.3 is 0 Å². The maximum atomic E-state index is 12.9. The normalized spacial score (nSPS) is 10.7. The maximum Gasteiger partial charge on any atom is 0.234 e. The Bertz CT molecular complexity index is 1010. The lowest BCUT2D eigenvalue weighted by Crippen LogP contribution is -2.14. The third kappa shape index (κ3) is 4.92. The Morgan fingerprint density at radius 2 is 1.96 bits per heavy atom. The molecule has 3 rings (SSSR count). The van der Waals surface area contributed by atoms with Crippen molar-refractivity contribution in [2.24, 2.45) is 0 Å². The molecule has 0 radical (unpaired) electrons. The fourth-order valence-electron chi connectivity index (χ4n) is 2.42. The van der Waals surface area contributed by atoms with Crippen LogP contribution in [-0.2, 0) is 11.3 Å². The average molecular weight is 437 g/mol. The van der Waals surface area contributed by atoms with Gasteiger partial charge in [-0.1, -0.05) is 41.0 Å². The Balaban J connectivity index is 1.75. The molecule has 1 heterocycles. The molecule has 5 nitrogen and oxygen atoms in total. The van der Waals surface area contributed by atoms with Crippen LogP contribution >= 0.6 is 35.0 Å². The summed E-state index contributed by atoms with van der Waals surface area (Å²) in [5, 5.41) is 12.6. The number of anilines is 1. The van der Waals surface area contributed by atoms with Gasteiger partial charge in [-0.15, -0.1) is 16.8 Å². The van der Waals surface area contributed by atoms with Crippen molar-refractivity contribution in [3.05, 3.63) is 71.0 Å². The van der Waals surface area contributed by atoms with Gasteiger partial charge in [0.25, 0.3) is 0 Å². The summed E-state index contributed by atoms with van der Waals surface area (Å²) < 4.78 is 14.8. The number of benzene rings is 2. The lowest BCUT2D eigenvalue weighted by Gasteiger charge is -2.09. The van der Waals surface area contributed by atoms with Gasteiger partial charge < -0.3 is 5.32 Å². The Labute approximate surface area is 175 Å². The lowest BCUT2D eigenvalue weighted by molar-refractivity contribution is -0.113. The molecule has 0 saturated heterocycles. The molecule has 1 amide bonds. The fourth-order valence-corrected chi connectivity index (χ4v) is 3.66. The van der Waals surface area contributed by atoms with Crippen molar-refractivity contribution in [3.8, 4) is 11.4 Å². The van der Waals surface area contributed by atoms with E-state index < -0.39 is 0 Å². The molecule has 144 valence electrons. The van der Waals surface area contributed by atoms with E-state index in [1.54, 1.807) is 24.3 Å². The summed E-state index contributed by atoms with van der Waals surface area (Å²) in [5.41, 5.74) is 1.20. The highest BCUT2D eigenvalue weighted by molar-refractivity contribution is 7.99. The molecule has 0 saturated carbocycles. The number of carbonyl (C=O) groups excluding carboxylic acids is 1. The van der Waals surface area contributed by atoms with Crippen LogP contribution in [0.2, 0.25) is 10.0 Å². The molecule has 3 aromatic rings. The number of rotatable bonds is 7. The molecule has 28 heavy (non-hydrogen) atoms. The predicted molar refractivity (Wildman–Crippen MR) is 111 cm³/mol. The summed E-state index contributed by atoms with van der Waals surface area (Å²) in [6.45, 7) is 4.20. The van der Waals surface area contributed by atoms with Crippen LogP contribution in [0.15, 0.2) is 60.3 Å². The van der Waals surface area contributed by atoms with Crippen molar-refractivity contribution in [3.63, 3.8) is 0 Å². The molecule has 0 aliphatic rings. The van der Waals surface area contributed by atoms with E-state index in [1.807, 2.05) is 4.57 Å². The van der Waals surface area contributed by atoms with Crippen LogP contribution in [-0.4, -0.2) is 26.4 Å². The second kappa shape index (κ2) is 9.23. The summed E-state index contributed by atoms with van der Waals surface area (Å²) in [6.07, 6.45) is 1.71. The number of halogens is 3. The van der Waals surface area contributed by atoms with Crippen molar-refractivity contribution >= 4 is 46.6 Å². The molecule has 9 heteroatoms. The van der Waals surface area contributed by atoms with E-state index in [-0.39, 0.29) is 17.5 Å². The number of carbonyl (C=O) groups is 1. The zero-order chi connectivity index (χ0) is 20.1. The van der Waals surface area contributed by atoms with Crippen LogP contribution in [0.3, 0.4) is 0 Å². The first-order chi connectivity index (χ1) is 13.5. The van der Waals surface area contributed by atoms with E-state index in [4.69, 9.17) is 23.2 Å². The van der Waals surface area contributed by atoms with Gasteiger partial charge in [-0.2, -0.15) is 0 Å². The van der Waals surface area contributed by atoms with Gasteiger partial charge in [-0.3, -0.25) is 9.36 Å². The van der Waals surface area contributed by atoms with Gasteiger partial charge in [0.1, 0.15) is 5.82 Å². The summed E-state index contributed by atoms with van der Waals surface area (Å²) in [7, 11) is 0. The van der Waals surface area contributed by atoms with Gasteiger partial charge in [0.05, 0.1) is 10.8 Å². The highest BCUT2D eigenvalue weighted by Gasteiger charge is 2.17. The van der Waals surface area contributed by atoms with Crippen molar-refractivity contribution in [1.82, 2.24) is 14.8 Å². The van der Waals surface area contributed by atoms with E-state index in [9.17, 15) is 9.18 Å². The quantitative estimate of drug-likeness (QED) is 0.402. The zero-order valence-corrected chi connectivity index (χ0v) is 16.9. The molecule has 0 fully saturated rings. The van der Waals surface area contributed by atoms with Crippen molar-refractivity contribution < 1.29 is 9.18 Å². The first kappa shape index (κ1) is 20.4. The number of hydrogen-bond acceptors (Lipinski definition) is 4. The fraction of sp³-hybridized carbons (Fsp3) is 0.105. The van der Waals surface area contributed by atoms with E-state index in [0.717, 1.165) is 0 Å². The molecule has 0 unspecified atom stereocenters. The minimum atomic E-state index is -0.363. The lowest BCUT2D eigenvalue weighted by atomic mass is 10.2. The SMILES string of the molecule is C=CCn1c(SCC(=O)Nc2ccc(F)cc2)nnc1-c1ccc(Cl)cc1Cl. The summed E-state index contributed by atoms with van der Waals surface area (Å²) >= 11 is 13.5. The first-order valence-corrected chi connectivity index (χ1v) is 9.90. The molecule has 0 aliphatic heterocycles. The van der Waals surface area contributed by atoms with Gasteiger partial charge in [-0.25, -0.2) is 4.39 Å².